The number of ether oxygens (including phenoxy) is 1. The molecule has 2 aliphatic rings. The summed E-state index contributed by atoms with van der Waals surface area (Å²) in [7, 11) is 0. The zero-order valence-corrected chi connectivity index (χ0v) is 20.0. The zero-order chi connectivity index (χ0) is 23.0. The van der Waals surface area contributed by atoms with E-state index in [-0.39, 0.29) is 11.3 Å². The van der Waals surface area contributed by atoms with Gasteiger partial charge in [-0.1, -0.05) is 40.7 Å². The molecule has 3 unspecified atom stereocenters. The number of fused-ring (bicyclic) bond motifs is 2. The molecule has 4 rings (SSSR count). The van der Waals surface area contributed by atoms with Crippen LogP contribution in [-0.4, -0.2) is 17.7 Å². The molecule has 0 saturated heterocycles. The van der Waals surface area contributed by atoms with Crippen LogP contribution in [0.2, 0.25) is 0 Å². The van der Waals surface area contributed by atoms with E-state index in [2.05, 4.69) is 46.8 Å². The molecule has 0 radical (unpaired) electrons. The lowest BCUT2D eigenvalue weighted by Crippen LogP contribution is -2.34. The Balaban J connectivity index is 1.82. The third-order valence-electron chi connectivity index (χ3n) is 7.71. The lowest BCUT2D eigenvalue weighted by molar-refractivity contribution is -0.131. The number of carboxylic acid groups (broad SMARTS) is 1. The third kappa shape index (κ3) is 4.12. The second-order valence-corrected chi connectivity index (χ2v) is 10.2. The number of hydrogen-bond donors (Lipinski definition) is 1. The topological polar surface area (TPSA) is 59.7 Å². The van der Waals surface area contributed by atoms with Crippen molar-refractivity contribution in [3.8, 4) is 5.75 Å². The fourth-order valence-corrected chi connectivity index (χ4v) is 5.54. The quantitative estimate of drug-likeness (QED) is 0.493. The highest BCUT2D eigenvalue weighted by Gasteiger charge is 2.39. The van der Waals surface area contributed by atoms with Crippen LogP contribution in [0.25, 0.3) is 6.08 Å². The predicted molar refractivity (Wildman–Crippen MR) is 128 cm³/mol. The van der Waals surface area contributed by atoms with Crippen molar-refractivity contribution in [2.24, 2.45) is 5.92 Å². The predicted octanol–water partition coefficient (Wildman–Crippen LogP) is 7.06. The molecule has 1 heterocycles. The van der Waals surface area contributed by atoms with Gasteiger partial charge in [0.25, 0.3) is 0 Å². The molecular weight excluding hydrogens is 400 g/mol. The molecule has 2 aliphatic carbocycles. The van der Waals surface area contributed by atoms with Gasteiger partial charge in [0, 0.05) is 29.5 Å². The summed E-state index contributed by atoms with van der Waals surface area (Å²) >= 11 is 0. The van der Waals surface area contributed by atoms with E-state index in [4.69, 9.17) is 14.3 Å². The summed E-state index contributed by atoms with van der Waals surface area (Å²) in [6.07, 6.45) is 7.84. The number of aliphatic carboxylic acids is 1. The number of aryl methyl sites for hydroxylation is 1. The summed E-state index contributed by atoms with van der Waals surface area (Å²) in [5, 5.41) is 8.98. The average Bonchev–Trinajstić information content (AvgIpc) is 3.18. The van der Waals surface area contributed by atoms with E-state index in [0.29, 0.717) is 24.2 Å². The molecule has 1 aromatic carbocycles. The number of hydrogen-bond acceptors (Lipinski definition) is 3. The normalized spacial score (nSPS) is 24.2. The Morgan fingerprint density at radius 3 is 2.72 bits per heavy atom. The molecule has 0 bridgehead atoms. The van der Waals surface area contributed by atoms with Gasteiger partial charge in [0.05, 0.1) is 6.61 Å². The molecular formula is C28H36O4. The maximum atomic E-state index is 10.9. The molecule has 0 aliphatic heterocycles. The standard InChI is InChI=1S/C28H36O4/c1-6-12-31-26-16-24-21(17(2)13-18(3)28(24,4)5)15-23(26)20-8-7-9-25-22(20)14-19(32-25)10-11-27(29)30/h10-11,14-18,20H,6-9,12-13H2,1-5H3,(H,29,30). The minimum Gasteiger partial charge on any atom is -0.493 e. The molecule has 2 aromatic rings. The molecule has 0 spiro atoms. The van der Waals surface area contributed by atoms with Gasteiger partial charge in [-0.05, 0) is 72.3 Å². The van der Waals surface area contributed by atoms with Gasteiger partial charge in [0.2, 0.25) is 0 Å². The fraction of sp³-hybridized carbons (Fsp3) is 0.536. The maximum absolute atomic E-state index is 10.9. The van der Waals surface area contributed by atoms with E-state index in [1.54, 1.807) is 6.08 Å². The van der Waals surface area contributed by atoms with Crippen molar-refractivity contribution < 1.29 is 19.1 Å². The van der Waals surface area contributed by atoms with E-state index in [9.17, 15) is 4.79 Å². The fourth-order valence-electron chi connectivity index (χ4n) is 5.54. The van der Waals surface area contributed by atoms with Crippen molar-refractivity contribution >= 4 is 12.0 Å². The zero-order valence-electron chi connectivity index (χ0n) is 20.0. The average molecular weight is 437 g/mol. The van der Waals surface area contributed by atoms with Gasteiger partial charge in [-0.3, -0.25) is 0 Å². The van der Waals surface area contributed by atoms with Crippen LogP contribution in [0, 0.1) is 5.92 Å². The van der Waals surface area contributed by atoms with Gasteiger partial charge >= 0.3 is 5.97 Å². The van der Waals surface area contributed by atoms with Crippen LogP contribution >= 0.6 is 0 Å². The van der Waals surface area contributed by atoms with Crippen molar-refractivity contribution in [1.29, 1.82) is 0 Å². The second kappa shape index (κ2) is 8.80. The first-order valence-electron chi connectivity index (χ1n) is 12.1. The molecule has 172 valence electrons. The van der Waals surface area contributed by atoms with E-state index in [1.165, 1.54) is 28.7 Å². The van der Waals surface area contributed by atoms with Gasteiger partial charge in [0.15, 0.2) is 0 Å². The van der Waals surface area contributed by atoms with Crippen LogP contribution in [0.15, 0.2) is 28.7 Å². The first kappa shape index (κ1) is 22.7. The minimum atomic E-state index is -0.966. The monoisotopic (exact) mass is 436 g/mol. The van der Waals surface area contributed by atoms with Crippen molar-refractivity contribution in [1.82, 2.24) is 0 Å². The van der Waals surface area contributed by atoms with Crippen LogP contribution in [-0.2, 0) is 16.6 Å². The molecule has 1 aromatic heterocycles. The highest BCUT2D eigenvalue weighted by molar-refractivity contribution is 5.84. The number of rotatable bonds is 6. The first-order valence-corrected chi connectivity index (χ1v) is 12.1. The number of carboxylic acids is 1. The molecule has 0 amide bonds. The Labute approximate surface area is 191 Å². The Morgan fingerprint density at radius 2 is 2.00 bits per heavy atom. The molecule has 0 saturated carbocycles. The lowest BCUT2D eigenvalue weighted by Gasteiger charge is -2.42. The number of carbonyl (C=O) groups is 1. The van der Waals surface area contributed by atoms with Crippen LogP contribution in [0.5, 0.6) is 5.75 Å². The summed E-state index contributed by atoms with van der Waals surface area (Å²) < 4.78 is 12.4. The smallest absolute Gasteiger partial charge is 0.328 e. The van der Waals surface area contributed by atoms with Gasteiger partial charge in [-0.25, -0.2) is 4.79 Å². The number of benzene rings is 1. The Bertz CT molecular complexity index is 1030. The lowest BCUT2D eigenvalue weighted by atomic mass is 9.62. The summed E-state index contributed by atoms with van der Waals surface area (Å²) in [5.41, 5.74) is 5.43. The van der Waals surface area contributed by atoms with Crippen LogP contribution < -0.4 is 4.74 Å². The maximum Gasteiger partial charge on any atom is 0.328 e. The summed E-state index contributed by atoms with van der Waals surface area (Å²) in [4.78, 5) is 10.9. The second-order valence-electron chi connectivity index (χ2n) is 10.2. The van der Waals surface area contributed by atoms with Crippen LogP contribution in [0.3, 0.4) is 0 Å². The van der Waals surface area contributed by atoms with E-state index < -0.39 is 5.97 Å². The van der Waals surface area contributed by atoms with E-state index in [0.717, 1.165) is 43.3 Å². The minimum absolute atomic E-state index is 0.118. The van der Waals surface area contributed by atoms with Crippen molar-refractivity contribution in [2.75, 3.05) is 6.61 Å². The molecule has 32 heavy (non-hydrogen) atoms. The molecule has 0 fully saturated rings. The van der Waals surface area contributed by atoms with Crippen LogP contribution in [0.4, 0.5) is 0 Å². The first-order chi connectivity index (χ1) is 15.2. The molecule has 1 N–H and O–H groups in total. The molecule has 4 nitrogen and oxygen atoms in total. The van der Waals surface area contributed by atoms with E-state index in [1.807, 2.05) is 6.07 Å². The summed E-state index contributed by atoms with van der Waals surface area (Å²) in [6.45, 7) is 12.3. The Hall–Kier alpha value is -2.49. The van der Waals surface area contributed by atoms with Gasteiger partial charge in [-0.2, -0.15) is 0 Å². The molecule has 4 heteroatoms. The molecule has 3 atom stereocenters. The van der Waals surface area contributed by atoms with Crippen LogP contribution in [0.1, 0.15) is 106 Å². The third-order valence-corrected chi connectivity index (χ3v) is 7.71. The summed E-state index contributed by atoms with van der Waals surface area (Å²) in [5.74, 6) is 2.98. The van der Waals surface area contributed by atoms with Crippen molar-refractivity contribution in [2.45, 2.75) is 84.0 Å². The summed E-state index contributed by atoms with van der Waals surface area (Å²) in [6, 6.07) is 6.77. The van der Waals surface area contributed by atoms with Gasteiger partial charge in [-0.15, -0.1) is 0 Å². The SMILES string of the molecule is CCCOc1cc2c(cc1C1CCCc3oc(C=CC(=O)O)cc31)C(C)CC(C)C2(C)C. The van der Waals surface area contributed by atoms with Gasteiger partial charge < -0.3 is 14.3 Å². The number of furan rings is 1. The Kier molecular flexibility index (Phi) is 6.24. The highest BCUT2D eigenvalue weighted by atomic mass is 16.5. The largest absolute Gasteiger partial charge is 0.493 e. The Morgan fingerprint density at radius 1 is 1.22 bits per heavy atom. The van der Waals surface area contributed by atoms with E-state index >= 15 is 0 Å². The highest BCUT2D eigenvalue weighted by Crippen LogP contribution is 2.50. The van der Waals surface area contributed by atoms with Crippen molar-refractivity contribution in [3.63, 3.8) is 0 Å². The van der Waals surface area contributed by atoms with Crippen molar-refractivity contribution in [3.05, 3.63) is 58.0 Å². The van der Waals surface area contributed by atoms with Gasteiger partial charge in [0.1, 0.15) is 17.3 Å².